The topological polar surface area (TPSA) is 67.9 Å². The minimum absolute atomic E-state index is 0.0945. The molecule has 1 atom stereocenters. The number of carbonyl (C=O) groups is 2. The summed E-state index contributed by atoms with van der Waals surface area (Å²) >= 11 is 0. The highest BCUT2D eigenvalue weighted by Gasteiger charge is 2.18. The van der Waals surface area contributed by atoms with Crippen LogP contribution in [0, 0.1) is 0 Å². The Bertz CT molecular complexity index is 867. The van der Waals surface area contributed by atoms with Gasteiger partial charge in [0.05, 0.1) is 6.10 Å². The van der Waals surface area contributed by atoms with Gasteiger partial charge < -0.3 is 19.7 Å². The molecule has 2 aliphatic heterocycles. The largest absolute Gasteiger partial charge is 0.491 e. The number of carbonyl (C=O) groups excluding carboxylic acids is 2. The third kappa shape index (κ3) is 5.85. The van der Waals surface area contributed by atoms with Crippen molar-refractivity contribution in [1.29, 1.82) is 0 Å². The number of ether oxygens (including phenoxy) is 2. The van der Waals surface area contributed by atoms with Crippen molar-refractivity contribution in [3.63, 3.8) is 0 Å². The number of hydrogen-bond acceptors (Lipinski definition) is 4. The van der Waals surface area contributed by atoms with Crippen molar-refractivity contribution >= 4 is 11.8 Å². The molecule has 2 fully saturated rings. The van der Waals surface area contributed by atoms with E-state index in [0.29, 0.717) is 24.3 Å². The summed E-state index contributed by atoms with van der Waals surface area (Å²) in [6, 6.07) is 14.6. The van der Waals surface area contributed by atoms with Crippen LogP contribution in [0.2, 0.25) is 0 Å². The zero-order chi connectivity index (χ0) is 21.5. The quantitative estimate of drug-likeness (QED) is 0.737. The highest BCUT2D eigenvalue weighted by Crippen LogP contribution is 2.17. The summed E-state index contributed by atoms with van der Waals surface area (Å²) in [6.07, 6.45) is 5.66. The molecular weight excluding hydrogens is 392 g/mol. The van der Waals surface area contributed by atoms with Crippen LogP contribution < -0.4 is 10.1 Å². The zero-order valence-corrected chi connectivity index (χ0v) is 17.8. The van der Waals surface area contributed by atoms with Crippen LogP contribution in [0.4, 0.5) is 0 Å². The summed E-state index contributed by atoms with van der Waals surface area (Å²) in [5.41, 5.74) is 2.25. The summed E-state index contributed by atoms with van der Waals surface area (Å²) in [5, 5.41) is 2.93. The first-order valence-corrected chi connectivity index (χ1v) is 11.2. The van der Waals surface area contributed by atoms with Gasteiger partial charge in [-0.2, -0.15) is 0 Å². The van der Waals surface area contributed by atoms with Crippen molar-refractivity contribution in [2.45, 2.75) is 44.8 Å². The SMILES string of the molecule is O=C(NCc1ccc(C(=O)N2CCCCC2)cc1)c1ccc(OC[C@H]2CCCO2)cc1. The summed E-state index contributed by atoms with van der Waals surface area (Å²) in [6.45, 7) is 3.45. The van der Waals surface area contributed by atoms with Crippen molar-refractivity contribution < 1.29 is 19.1 Å². The Morgan fingerprint density at radius 1 is 0.935 bits per heavy atom. The first-order chi connectivity index (χ1) is 15.2. The molecule has 2 saturated heterocycles. The number of nitrogens with zero attached hydrogens (tertiary/aromatic N) is 1. The van der Waals surface area contributed by atoms with Crippen LogP contribution >= 0.6 is 0 Å². The number of likely N-dealkylation sites (tertiary alicyclic amines) is 1. The normalized spacial score (nSPS) is 18.6. The van der Waals surface area contributed by atoms with Gasteiger partial charge in [-0.05, 0) is 74.1 Å². The van der Waals surface area contributed by atoms with E-state index >= 15 is 0 Å². The van der Waals surface area contributed by atoms with E-state index in [1.165, 1.54) is 6.42 Å². The van der Waals surface area contributed by atoms with E-state index in [1.807, 2.05) is 41.3 Å². The number of benzene rings is 2. The second-order valence-corrected chi connectivity index (χ2v) is 8.20. The fraction of sp³-hybridized carbons (Fsp3) is 0.440. The van der Waals surface area contributed by atoms with Gasteiger partial charge in [0.2, 0.25) is 0 Å². The predicted octanol–water partition coefficient (Wildman–Crippen LogP) is 3.80. The van der Waals surface area contributed by atoms with Gasteiger partial charge in [0.1, 0.15) is 12.4 Å². The molecule has 0 saturated carbocycles. The van der Waals surface area contributed by atoms with Crippen molar-refractivity contribution in [3.8, 4) is 5.75 Å². The van der Waals surface area contributed by atoms with Gasteiger partial charge in [0, 0.05) is 37.4 Å². The van der Waals surface area contributed by atoms with Crippen molar-refractivity contribution in [1.82, 2.24) is 10.2 Å². The van der Waals surface area contributed by atoms with Crippen molar-refractivity contribution in [3.05, 3.63) is 65.2 Å². The molecule has 2 aromatic carbocycles. The Kier molecular flexibility index (Phi) is 7.20. The molecule has 6 nitrogen and oxygen atoms in total. The predicted molar refractivity (Wildman–Crippen MR) is 118 cm³/mol. The van der Waals surface area contributed by atoms with E-state index in [2.05, 4.69) is 5.32 Å². The Balaban J connectivity index is 1.24. The molecular formula is C25H30N2O4. The van der Waals surface area contributed by atoms with Crippen LogP contribution in [0.15, 0.2) is 48.5 Å². The van der Waals surface area contributed by atoms with Crippen LogP contribution in [0.5, 0.6) is 5.75 Å². The second-order valence-electron chi connectivity index (χ2n) is 8.20. The first-order valence-electron chi connectivity index (χ1n) is 11.2. The number of amides is 2. The molecule has 0 unspecified atom stereocenters. The molecule has 0 aliphatic carbocycles. The van der Waals surface area contributed by atoms with Gasteiger partial charge in [0.15, 0.2) is 0 Å². The maximum atomic E-state index is 12.5. The first kappa shape index (κ1) is 21.4. The Labute approximate surface area is 183 Å². The van der Waals surface area contributed by atoms with E-state index in [0.717, 1.165) is 56.7 Å². The lowest BCUT2D eigenvalue weighted by molar-refractivity contribution is 0.0679. The minimum atomic E-state index is -0.140. The monoisotopic (exact) mass is 422 g/mol. The number of hydrogen-bond donors (Lipinski definition) is 1. The van der Waals surface area contributed by atoms with Gasteiger partial charge in [-0.25, -0.2) is 0 Å². The Morgan fingerprint density at radius 3 is 2.32 bits per heavy atom. The van der Waals surface area contributed by atoms with Gasteiger partial charge in [-0.15, -0.1) is 0 Å². The van der Waals surface area contributed by atoms with E-state index in [4.69, 9.17) is 9.47 Å². The lowest BCUT2D eigenvalue weighted by Gasteiger charge is -2.26. The number of nitrogens with one attached hydrogen (secondary N) is 1. The Hall–Kier alpha value is -2.86. The fourth-order valence-corrected chi connectivity index (χ4v) is 4.00. The van der Waals surface area contributed by atoms with E-state index in [9.17, 15) is 9.59 Å². The molecule has 0 radical (unpaired) electrons. The van der Waals surface area contributed by atoms with Gasteiger partial charge in [-0.1, -0.05) is 12.1 Å². The van der Waals surface area contributed by atoms with Gasteiger partial charge >= 0.3 is 0 Å². The van der Waals surface area contributed by atoms with E-state index in [1.54, 1.807) is 12.1 Å². The third-order valence-corrected chi connectivity index (χ3v) is 5.87. The van der Waals surface area contributed by atoms with Crippen LogP contribution in [-0.4, -0.2) is 49.1 Å². The van der Waals surface area contributed by atoms with Crippen molar-refractivity contribution in [2.24, 2.45) is 0 Å². The zero-order valence-electron chi connectivity index (χ0n) is 17.8. The summed E-state index contributed by atoms with van der Waals surface area (Å²) in [7, 11) is 0. The van der Waals surface area contributed by atoms with Crippen LogP contribution in [0.3, 0.4) is 0 Å². The minimum Gasteiger partial charge on any atom is -0.491 e. The van der Waals surface area contributed by atoms with Gasteiger partial charge in [0.25, 0.3) is 11.8 Å². The molecule has 2 amide bonds. The van der Waals surface area contributed by atoms with Gasteiger partial charge in [-0.3, -0.25) is 9.59 Å². The molecule has 0 spiro atoms. The molecule has 6 heteroatoms. The smallest absolute Gasteiger partial charge is 0.253 e. The number of rotatable bonds is 7. The maximum Gasteiger partial charge on any atom is 0.253 e. The Morgan fingerprint density at radius 2 is 1.65 bits per heavy atom. The van der Waals surface area contributed by atoms with E-state index in [-0.39, 0.29) is 17.9 Å². The molecule has 1 N–H and O–H groups in total. The molecule has 2 aliphatic rings. The number of piperidine rings is 1. The molecule has 0 aromatic heterocycles. The molecule has 164 valence electrons. The lowest BCUT2D eigenvalue weighted by atomic mass is 10.1. The average Bonchev–Trinajstić information content (AvgIpc) is 3.36. The summed E-state index contributed by atoms with van der Waals surface area (Å²) in [5.74, 6) is 0.692. The molecule has 0 bridgehead atoms. The molecule has 31 heavy (non-hydrogen) atoms. The standard InChI is InChI=1S/C25H30N2O4/c28-24(20-10-12-22(13-11-20)31-18-23-5-4-16-30-23)26-17-19-6-8-21(9-7-19)25(29)27-14-2-1-3-15-27/h6-13,23H,1-5,14-18H2,(H,26,28)/t23-/m1/s1. The molecule has 4 rings (SSSR count). The highest BCUT2D eigenvalue weighted by molar-refractivity contribution is 5.95. The molecule has 2 heterocycles. The molecule has 2 aromatic rings. The average molecular weight is 423 g/mol. The maximum absolute atomic E-state index is 12.5. The lowest BCUT2D eigenvalue weighted by Crippen LogP contribution is -2.35. The van der Waals surface area contributed by atoms with Crippen molar-refractivity contribution in [2.75, 3.05) is 26.3 Å². The fourth-order valence-electron chi connectivity index (χ4n) is 4.00. The van der Waals surface area contributed by atoms with Crippen LogP contribution in [0.25, 0.3) is 0 Å². The third-order valence-electron chi connectivity index (χ3n) is 5.87. The highest BCUT2D eigenvalue weighted by atomic mass is 16.5. The summed E-state index contributed by atoms with van der Waals surface area (Å²) < 4.78 is 11.3. The van der Waals surface area contributed by atoms with Crippen LogP contribution in [-0.2, 0) is 11.3 Å². The van der Waals surface area contributed by atoms with E-state index < -0.39 is 0 Å². The second kappa shape index (κ2) is 10.4. The van der Waals surface area contributed by atoms with Crippen LogP contribution in [0.1, 0.15) is 58.4 Å². The summed E-state index contributed by atoms with van der Waals surface area (Å²) in [4.78, 5) is 26.9.